The number of carbonyl (C=O) groups excluding carboxylic acids is 1. The summed E-state index contributed by atoms with van der Waals surface area (Å²) in [7, 11) is 2.99. The molecular formula is C20H29NO6. The number of hydrogen-bond donors (Lipinski definition) is 1. The Labute approximate surface area is 160 Å². The first kappa shape index (κ1) is 19.8. The van der Waals surface area contributed by atoms with Gasteiger partial charge in [0.1, 0.15) is 6.10 Å². The summed E-state index contributed by atoms with van der Waals surface area (Å²) in [6, 6.07) is 5.82. The lowest BCUT2D eigenvalue weighted by Gasteiger charge is -2.33. The number of likely N-dealkylation sites (tertiary alicyclic amines) is 1. The van der Waals surface area contributed by atoms with Gasteiger partial charge >= 0.3 is 6.09 Å². The van der Waals surface area contributed by atoms with Gasteiger partial charge in [0, 0.05) is 30.8 Å². The normalized spacial score (nSPS) is 28.9. The van der Waals surface area contributed by atoms with Gasteiger partial charge in [0.25, 0.3) is 0 Å². The molecule has 2 fully saturated rings. The average molecular weight is 379 g/mol. The maximum absolute atomic E-state index is 12.1. The lowest BCUT2D eigenvalue weighted by Crippen LogP contribution is -2.38. The van der Waals surface area contributed by atoms with Crippen LogP contribution in [0.5, 0.6) is 11.5 Å². The Kier molecular flexibility index (Phi) is 5.81. The fourth-order valence-electron chi connectivity index (χ4n) is 3.98. The molecule has 1 aromatic carbocycles. The van der Waals surface area contributed by atoms with Crippen molar-refractivity contribution in [2.24, 2.45) is 5.41 Å². The third kappa shape index (κ3) is 3.84. The minimum atomic E-state index is -0.591. The molecule has 0 bridgehead atoms. The summed E-state index contributed by atoms with van der Waals surface area (Å²) in [4.78, 5) is 13.7. The van der Waals surface area contributed by atoms with Gasteiger partial charge in [-0.25, -0.2) is 4.79 Å². The lowest BCUT2D eigenvalue weighted by molar-refractivity contribution is 0.0470. The number of carbonyl (C=O) groups is 1. The quantitative estimate of drug-likeness (QED) is 0.847. The molecule has 2 saturated heterocycles. The van der Waals surface area contributed by atoms with E-state index in [0.717, 1.165) is 12.0 Å². The topological polar surface area (TPSA) is 77.5 Å². The van der Waals surface area contributed by atoms with E-state index in [-0.39, 0.29) is 18.1 Å². The first-order valence-electron chi connectivity index (χ1n) is 9.32. The van der Waals surface area contributed by atoms with Crippen molar-refractivity contribution in [3.8, 4) is 11.5 Å². The standard InChI is InChI=1S/C20H29NO6/c1-13(22)20(2)12-21(19(23)25-4)10-16(20)14-5-6-17(24-3)18(9-14)27-15-7-8-26-11-15/h5-6,9,13,15-16,22H,7-8,10-12H2,1-4H3/t13-,15+,16?,20+/m1/s1. The van der Waals surface area contributed by atoms with E-state index >= 15 is 0 Å². The van der Waals surface area contributed by atoms with Crippen molar-refractivity contribution in [2.75, 3.05) is 40.5 Å². The highest BCUT2D eigenvalue weighted by Crippen LogP contribution is 2.47. The van der Waals surface area contributed by atoms with Crippen LogP contribution >= 0.6 is 0 Å². The number of ether oxygens (including phenoxy) is 4. The summed E-state index contributed by atoms with van der Waals surface area (Å²) < 4.78 is 21.8. The summed E-state index contributed by atoms with van der Waals surface area (Å²) in [5.74, 6) is 1.27. The van der Waals surface area contributed by atoms with Gasteiger partial charge in [0.15, 0.2) is 11.5 Å². The third-order valence-electron chi connectivity index (χ3n) is 5.89. The lowest BCUT2D eigenvalue weighted by atomic mass is 9.72. The molecule has 0 aliphatic carbocycles. The Morgan fingerprint density at radius 2 is 2.15 bits per heavy atom. The van der Waals surface area contributed by atoms with Crippen LogP contribution in [-0.4, -0.2) is 68.8 Å². The number of benzene rings is 1. The van der Waals surface area contributed by atoms with Crippen molar-refractivity contribution in [3.05, 3.63) is 23.8 Å². The van der Waals surface area contributed by atoms with Crippen LogP contribution in [0.15, 0.2) is 18.2 Å². The van der Waals surface area contributed by atoms with Gasteiger partial charge in [0.05, 0.1) is 33.5 Å². The van der Waals surface area contributed by atoms with Crippen molar-refractivity contribution >= 4 is 6.09 Å². The molecule has 0 saturated carbocycles. The van der Waals surface area contributed by atoms with Crippen molar-refractivity contribution in [3.63, 3.8) is 0 Å². The number of methoxy groups -OCH3 is 2. The summed E-state index contributed by atoms with van der Waals surface area (Å²) in [6.07, 6.45) is -0.116. The predicted molar refractivity (Wildman–Crippen MR) is 99.4 cm³/mol. The molecular weight excluding hydrogens is 350 g/mol. The molecule has 2 aliphatic rings. The van der Waals surface area contributed by atoms with Crippen LogP contribution in [0.3, 0.4) is 0 Å². The summed E-state index contributed by atoms with van der Waals surface area (Å²) in [5, 5.41) is 10.5. The molecule has 4 atom stereocenters. The zero-order valence-corrected chi connectivity index (χ0v) is 16.4. The summed E-state index contributed by atoms with van der Waals surface area (Å²) in [5.41, 5.74) is 0.510. The van der Waals surface area contributed by atoms with Crippen LogP contribution in [0, 0.1) is 5.41 Å². The van der Waals surface area contributed by atoms with E-state index in [2.05, 4.69) is 0 Å². The first-order chi connectivity index (χ1) is 12.9. The van der Waals surface area contributed by atoms with Crippen LogP contribution in [0.2, 0.25) is 0 Å². The molecule has 1 aromatic rings. The predicted octanol–water partition coefficient (Wildman–Crippen LogP) is 2.42. The minimum Gasteiger partial charge on any atom is -0.493 e. The van der Waals surface area contributed by atoms with E-state index in [1.54, 1.807) is 18.9 Å². The van der Waals surface area contributed by atoms with Crippen LogP contribution in [0.25, 0.3) is 0 Å². The van der Waals surface area contributed by atoms with Gasteiger partial charge < -0.3 is 29.0 Å². The van der Waals surface area contributed by atoms with Gasteiger partial charge in [-0.15, -0.1) is 0 Å². The monoisotopic (exact) mass is 379 g/mol. The van der Waals surface area contributed by atoms with Crippen LogP contribution in [0.1, 0.15) is 31.7 Å². The number of aliphatic hydroxyl groups is 1. The molecule has 0 aromatic heterocycles. The number of hydrogen-bond acceptors (Lipinski definition) is 6. The Morgan fingerprint density at radius 1 is 1.37 bits per heavy atom. The van der Waals surface area contributed by atoms with Gasteiger partial charge in [-0.3, -0.25) is 0 Å². The second-order valence-electron chi connectivity index (χ2n) is 7.60. The van der Waals surface area contributed by atoms with E-state index in [1.807, 2.05) is 25.1 Å². The zero-order valence-electron chi connectivity index (χ0n) is 16.4. The Morgan fingerprint density at radius 3 is 2.74 bits per heavy atom. The first-order valence-corrected chi connectivity index (χ1v) is 9.32. The minimum absolute atomic E-state index is 0.00689. The molecule has 2 aliphatic heterocycles. The van der Waals surface area contributed by atoms with E-state index in [0.29, 0.717) is 37.8 Å². The molecule has 1 unspecified atom stereocenters. The molecule has 1 N–H and O–H groups in total. The van der Waals surface area contributed by atoms with Crippen molar-refractivity contribution < 1.29 is 28.8 Å². The zero-order chi connectivity index (χ0) is 19.6. The molecule has 1 amide bonds. The highest BCUT2D eigenvalue weighted by atomic mass is 16.6. The Hall–Kier alpha value is -1.99. The molecule has 7 heteroatoms. The van der Waals surface area contributed by atoms with Gasteiger partial charge in [0.2, 0.25) is 0 Å². The molecule has 0 spiro atoms. The van der Waals surface area contributed by atoms with Crippen LogP contribution in [0.4, 0.5) is 4.79 Å². The van der Waals surface area contributed by atoms with Gasteiger partial charge in [-0.1, -0.05) is 13.0 Å². The summed E-state index contributed by atoms with van der Waals surface area (Å²) in [6.45, 7) is 5.94. The van der Waals surface area contributed by atoms with E-state index in [1.165, 1.54) is 7.11 Å². The van der Waals surface area contributed by atoms with E-state index in [4.69, 9.17) is 18.9 Å². The van der Waals surface area contributed by atoms with Crippen molar-refractivity contribution in [2.45, 2.75) is 38.4 Å². The van der Waals surface area contributed by atoms with E-state index < -0.39 is 11.5 Å². The number of rotatable bonds is 5. The molecule has 0 radical (unpaired) electrons. The second-order valence-corrected chi connectivity index (χ2v) is 7.60. The highest BCUT2D eigenvalue weighted by molar-refractivity contribution is 5.68. The second kappa shape index (κ2) is 7.94. The number of aliphatic hydroxyl groups excluding tert-OH is 1. The Bertz CT molecular complexity index is 672. The Balaban J connectivity index is 1.91. The van der Waals surface area contributed by atoms with Gasteiger partial charge in [-0.2, -0.15) is 0 Å². The number of amides is 1. The van der Waals surface area contributed by atoms with Crippen molar-refractivity contribution in [1.82, 2.24) is 4.90 Å². The molecule has 2 heterocycles. The van der Waals surface area contributed by atoms with E-state index in [9.17, 15) is 9.90 Å². The van der Waals surface area contributed by atoms with Crippen LogP contribution < -0.4 is 9.47 Å². The largest absolute Gasteiger partial charge is 0.493 e. The molecule has 7 nitrogen and oxygen atoms in total. The fraction of sp³-hybridized carbons (Fsp3) is 0.650. The number of nitrogens with zero attached hydrogens (tertiary/aromatic N) is 1. The average Bonchev–Trinajstić information content (AvgIpc) is 3.29. The molecule has 150 valence electrons. The maximum atomic E-state index is 12.1. The fourth-order valence-corrected chi connectivity index (χ4v) is 3.98. The van der Waals surface area contributed by atoms with Gasteiger partial charge in [-0.05, 0) is 24.6 Å². The summed E-state index contributed by atoms with van der Waals surface area (Å²) >= 11 is 0. The highest BCUT2D eigenvalue weighted by Gasteiger charge is 2.48. The third-order valence-corrected chi connectivity index (χ3v) is 5.89. The SMILES string of the molecule is COC(=O)N1CC(c2ccc(OC)c(O[C@H]3CCOC3)c2)[C@](C)([C@@H](C)O)C1. The molecule has 3 rings (SSSR count). The van der Waals surface area contributed by atoms with Crippen LogP contribution in [-0.2, 0) is 9.47 Å². The maximum Gasteiger partial charge on any atom is 0.409 e. The molecule has 27 heavy (non-hydrogen) atoms. The smallest absolute Gasteiger partial charge is 0.409 e. The van der Waals surface area contributed by atoms with Crippen molar-refractivity contribution in [1.29, 1.82) is 0 Å².